The van der Waals surface area contributed by atoms with Crippen LogP contribution in [-0.4, -0.2) is 35.9 Å². The molecule has 1 aromatic heterocycles. The van der Waals surface area contributed by atoms with Crippen LogP contribution in [0.3, 0.4) is 0 Å². The highest BCUT2D eigenvalue weighted by Crippen LogP contribution is 2.15. The molecule has 1 aromatic rings. The Balaban J connectivity index is 2.72. The standard InChI is InChI=1S/C10H15FN2O4/c1-6(16-2)4-12-10(15)9-7(3-11)8(5-14)17-13-9/h6,14H,3-5H2,1-2H3,(H,12,15). The SMILES string of the molecule is COC(C)CNC(=O)c1noc(CO)c1CF. The largest absolute Gasteiger partial charge is 0.388 e. The minimum atomic E-state index is -0.915. The molecule has 0 bridgehead atoms. The molecule has 2 N–H and O–H groups in total. The minimum absolute atomic E-state index is 0.0185. The Bertz CT molecular complexity index is 380. The Kier molecular flexibility index (Phi) is 5.05. The van der Waals surface area contributed by atoms with Crippen molar-refractivity contribution in [3.05, 3.63) is 17.0 Å². The number of rotatable bonds is 6. The van der Waals surface area contributed by atoms with Gasteiger partial charge in [-0.05, 0) is 6.92 Å². The van der Waals surface area contributed by atoms with Crippen LogP contribution >= 0.6 is 0 Å². The summed E-state index contributed by atoms with van der Waals surface area (Å²) >= 11 is 0. The lowest BCUT2D eigenvalue weighted by molar-refractivity contribution is 0.0861. The van der Waals surface area contributed by atoms with Crippen molar-refractivity contribution in [2.24, 2.45) is 0 Å². The molecule has 1 rings (SSSR count). The first-order valence-corrected chi connectivity index (χ1v) is 5.09. The van der Waals surface area contributed by atoms with E-state index in [0.717, 1.165) is 0 Å². The lowest BCUT2D eigenvalue weighted by Gasteiger charge is -2.09. The van der Waals surface area contributed by atoms with Crippen molar-refractivity contribution in [2.75, 3.05) is 13.7 Å². The summed E-state index contributed by atoms with van der Waals surface area (Å²) in [4.78, 5) is 11.6. The van der Waals surface area contributed by atoms with Gasteiger partial charge in [0.25, 0.3) is 5.91 Å². The molecule has 1 amide bonds. The van der Waals surface area contributed by atoms with Gasteiger partial charge in [-0.25, -0.2) is 4.39 Å². The zero-order chi connectivity index (χ0) is 12.8. The van der Waals surface area contributed by atoms with E-state index in [2.05, 4.69) is 15.0 Å². The van der Waals surface area contributed by atoms with Crippen LogP contribution in [0.5, 0.6) is 0 Å². The molecule has 0 aliphatic heterocycles. The van der Waals surface area contributed by atoms with Crippen LogP contribution in [0.4, 0.5) is 4.39 Å². The molecule has 0 aromatic carbocycles. The van der Waals surface area contributed by atoms with Crippen molar-refractivity contribution in [3.63, 3.8) is 0 Å². The van der Waals surface area contributed by atoms with E-state index < -0.39 is 19.2 Å². The zero-order valence-electron chi connectivity index (χ0n) is 9.70. The van der Waals surface area contributed by atoms with E-state index in [0.29, 0.717) is 0 Å². The van der Waals surface area contributed by atoms with E-state index >= 15 is 0 Å². The number of aliphatic hydroxyl groups is 1. The first-order chi connectivity index (χ1) is 8.13. The van der Waals surface area contributed by atoms with Crippen molar-refractivity contribution >= 4 is 5.91 Å². The van der Waals surface area contributed by atoms with Gasteiger partial charge in [-0.15, -0.1) is 0 Å². The number of hydrogen-bond acceptors (Lipinski definition) is 5. The second-order valence-corrected chi connectivity index (χ2v) is 3.48. The molecular formula is C10H15FN2O4. The summed E-state index contributed by atoms with van der Waals surface area (Å²) in [5.41, 5.74) is -0.157. The van der Waals surface area contributed by atoms with Crippen molar-refractivity contribution in [1.29, 1.82) is 0 Å². The number of aromatic nitrogens is 1. The summed E-state index contributed by atoms with van der Waals surface area (Å²) in [6.45, 7) is 0.649. The normalized spacial score (nSPS) is 12.5. The molecule has 0 saturated carbocycles. The van der Waals surface area contributed by atoms with Crippen molar-refractivity contribution in [3.8, 4) is 0 Å². The van der Waals surface area contributed by atoms with Crippen molar-refractivity contribution in [2.45, 2.75) is 26.3 Å². The molecule has 0 radical (unpaired) electrons. The summed E-state index contributed by atoms with van der Waals surface area (Å²) in [5.74, 6) is -0.581. The minimum Gasteiger partial charge on any atom is -0.388 e. The van der Waals surface area contributed by atoms with E-state index in [1.54, 1.807) is 6.92 Å². The summed E-state index contributed by atoms with van der Waals surface area (Å²) < 4.78 is 22.3. The molecule has 6 nitrogen and oxygen atoms in total. The molecular weight excluding hydrogens is 231 g/mol. The monoisotopic (exact) mass is 246 g/mol. The van der Waals surface area contributed by atoms with Crippen LogP contribution in [0, 0.1) is 0 Å². The third-order valence-electron chi connectivity index (χ3n) is 2.31. The predicted molar refractivity (Wildman–Crippen MR) is 56.0 cm³/mol. The molecule has 1 heterocycles. The number of carbonyl (C=O) groups is 1. The third kappa shape index (κ3) is 3.24. The Morgan fingerprint density at radius 1 is 1.71 bits per heavy atom. The fourth-order valence-corrected chi connectivity index (χ4v) is 1.19. The number of nitrogens with zero attached hydrogens (tertiary/aromatic N) is 1. The van der Waals surface area contributed by atoms with Gasteiger partial charge in [0.05, 0.1) is 11.7 Å². The average molecular weight is 246 g/mol. The quantitative estimate of drug-likeness (QED) is 0.759. The first-order valence-electron chi connectivity index (χ1n) is 5.09. The molecule has 0 saturated heterocycles. The van der Waals surface area contributed by atoms with Crippen LogP contribution < -0.4 is 5.32 Å². The van der Waals surface area contributed by atoms with Crippen LogP contribution in [0.15, 0.2) is 4.52 Å². The fraction of sp³-hybridized carbons (Fsp3) is 0.600. The molecule has 1 atom stereocenters. The molecule has 0 fully saturated rings. The Morgan fingerprint density at radius 3 is 2.94 bits per heavy atom. The van der Waals surface area contributed by atoms with E-state index in [1.807, 2.05) is 0 Å². The van der Waals surface area contributed by atoms with Gasteiger partial charge in [0.1, 0.15) is 13.3 Å². The number of alkyl halides is 1. The molecule has 0 aliphatic rings. The molecule has 0 spiro atoms. The highest BCUT2D eigenvalue weighted by molar-refractivity contribution is 5.93. The second-order valence-electron chi connectivity index (χ2n) is 3.48. The van der Waals surface area contributed by atoms with Crippen LogP contribution in [0.1, 0.15) is 28.7 Å². The van der Waals surface area contributed by atoms with Gasteiger partial charge in [0.2, 0.25) is 0 Å². The number of hydrogen-bond donors (Lipinski definition) is 2. The Labute approximate surface area is 97.7 Å². The van der Waals surface area contributed by atoms with E-state index in [-0.39, 0.29) is 29.7 Å². The molecule has 0 aliphatic carbocycles. The number of amides is 1. The smallest absolute Gasteiger partial charge is 0.273 e. The summed E-state index contributed by atoms with van der Waals surface area (Å²) in [7, 11) is 1.52. The van der Waals surface area contributed by atoms with Crippen LogP contribution in [0.2, 0.25) is 0 Å². The molecule has 17 heavy (non-hydrogen) atoms. The van der Waals surface area contributed by atoms with Gasteiger partial charge in [-0.3, -0.25) is 4.79 Å². The fourth-order valence-electron chi connectivity index (χ4n) is 1.19. The first kappa shape index (κ1) is 13.6. The summed E-state index contributed by atoms with van der Waals surface area (Å²) in [6.07, 6.45) is -0.156. The molecule has 7 heteroatoms. The maximum absolute atomic E-state index is 12.7. The lowest BCUT2D eigenvalue weighted by atomic mass is 10.2. The number of nitrogens with one attached hydrogen (secondary N) is 1. The van der Waals surface area contributed by atoms with Gasteiger partial charge in [-0.1, -0.05) is 5.16 Å². The number of methoxy groups -OCH3 is 1. The summed E-state index contributed by atoms with van der Waals surface area (Å²) in [5, 5.41) is 14.8. The Hall–Kier alpha value is -1.47. The van der Waals surface area contributed by atoms with Gasteiger partial charge in [0, 0.05) is 13.7 Å². The van der Waals surface area contributed by atoms with Crippen LogP contribution in [0.25, 0.3) is 0 Å². The van der Waals surface area contributed by atoms with E-state index in [9.17, 15) is 9.18 Å². The number of aliphatic hydroxyl groups excluding tert-OH is 1. The average Bonchev–Trinajstić information content (AvgIpc) is 2.77. The predicted octanol–water partition coefficient (Wildman–Crippen LogP) is 0.401. The van der Waals surface area contributed by atoms with Gasteiger partial charge in [-0.2, -0.15) is 0 Å². The Morgan fingerprint density at radius 2 is 2.41 bits per heavy atom. The maximum Gasteiger partial charge on any atom is 0.273 e. The highest BCUT2D eigenvalue weighted by Gasteiger charge is 2.21. The number of halogens is 1. The molecule has 96 valence electrons. The van der Waals surface area contributed by atoms with E-state index in [4.69, 9.17) is 9.84 Å². The molecule has 1 unspecified atom stereocenters. The van der Waals surface area contributed by atoms with Crippen molar-refractivity contribution in [1.82, 2.24) is 10.5 Å². The third-order valence-corrected chi connectivity index (χ3v) is 2.31. The highest BCUT2D eigenvalue weighted by atomic mass is 19.1. The van der Waals surface area contributed by atoms with Gasteiger partial charge >= 0.3 is 0 Å². The zero-order valence-corrected chi connectivity index (χ0v) is 9.70. The van der Waals surface area contributed by atoms with Gasteiger partial charge in [0.15, 0.2) is 11.5 Å². The van der Waals surface area contributed by atoms with Crippen LogP contribution in [-0.2, 0) is 18.0 Å². The van der Waals surface area contributed by atoms with E-state index in [1.165, 1.54) is 7.11 Å². The number of ether oxygens (including phenoxy) is 1. The number of carbonyl (C=O) groups excluding carboxylic acids is 1. The maximum atomic E-state index is 12.7. The lowest BCUT2D eigenvalue weighted by Crippen LogP contribution is -2.32. The summed E-state index contributed by atoms with van der Waals surface area (Å²) in [6, 6.07) is 0. The van der Waals surface area contributed by atoms with Crippen molar-refractivity contribution < 1.29 is 23.6 Å². The topological polar surface area (TPSA) is 84.6 Å². The second kappa shape index (κ2) is 6.31. The van der Waals surface area contributed by atoms with Gasteiger partial charge < -0.3 is 19.7 Å².